The highest BCUT2D eigenvalue weighted by Crippen LogP contribution is 2.14. The number of nitrogens with zero attached hydrogens (tertiary/aromatic N) is 1. The Kier molecular flexibility index (Phi) is 2.82. The number of thioether (sulfide) groups is 1. The Balaban J connectivity index is 2.24. The molecule has 1 aliphatic rings. The molecule has 1 heterocycles. The van der Waals surface area contributed by atoms with Crippen molar-refractivity contribution in [1.82, 2.24) is 4.90 Å². The Morgan fingerprint density at radius 2 is 2.56 bits per heavy atom. The molecule has 1 rings (SSSR count). The van der Waals surface area contributed by atoms with Crippen LogP contribution in [0.4, 0.5) is 0 Å². The van der Waals surface area contributed by atoms with Crippen molar-refractivity contribution < 1.29 is 0 Å². The van der Waals surface area contributed by atoms with Gasteiger partial charge in [-0.15, -0.1) is 11.8 Å². The fourth-order valence-electron chi connectivity index (χ4n) is 0.948. The van der Waals surface area contributed by atoms with E-state index in [4.69, 9.17) is 5.73 Å². The third-order valence-corrected chi connectivity index (χ3v) is 2.65. The van der Waals surface area contributed by atoms with Crippen molar-refractivity contribution >= 4 is 11.8 Å². The van der Waals surface area contributed by atoms with Gasteiger partial charge < -0.3 is 5.73 Å². The smallest absolute Gasteiger partial charge is 0.0576 e. The molecular formula is C6H14N2S. The summed E-state index contributed by atoms with van der Waals surface area (Å²) in [6.07, 6.45) is 1.38. The maximum absolute atomic E-state index is 5.79. The molecule has 9 heavy (non-hydrogen) atoms. The normalized spacial score (nSPS) is 24.7. The van der Waals surface area contributed by atoms with Crippen molar-refractivity contribution in [1.29, 1.82) is 0 Å². The van der Waals surface area contributed by atoms with Gasteiger partial charge in [-0.2, -0.15) is 0 Å². The molecule has 3 heteroatoms. The third-order valence-electron chi connectivity index (χ3n) is 1.67. The molecule has 2 N–H and O–H groups in total. The predicted octanol–water partition coefficient (Wildman–Crippen LogP) is 0.688. The van der Waals surface area contributed by atoms with Crippen LogP contribution in [0.2, 0.25) is 0 Å². The van der Waals surface area contributed by atoms with E-state index < -0.39 is 0 Å². The van der Waals surface area contributed by atoms with Crippen molar-refractivity contribution in [2.45, 2.75) is 19.5 Å². The van der Waals surface area contributed by atoms with E-state index in [1.807, 2.05) is 11.8 Å². The summed E-state index contributed by atoms with van der Waals surface area (Å²) in [6.45, 7) is 3.31. The average Bonchev–Trinajstić information content (AvgIpc) is 2.37. The molecule has 0 amide bonds. The van der Waals surface area contributed by atoms with Gasteiger partial charge in [0.2, 0.25) is 0 Å². The topological polar surface area (TPSA) is 29.3 Å². The lowest BCUT2D eigenvalue weighted by molar-refractivity contribution is 0.255. The van der Waals surface area contributed by atoms with Gasteiger partial charge in [0.05, 0.1) is 6.17 Å². The lowest BCUT2D eigenvalue weighted by atomic mass is 10.3. The van der Waals surface area contributed by atoms with E-state index in [0.717, 1.165) is 12.3 Å². The van der Waals surface area contributed by atoms with E-state index in [2.05, 4.69) is 11.8 Å². The van der Waals surface area contributed by atoms with Crippen LogP contribution in [0.25, 0.3) is 0 Å². The van der Waals surface area contributed by atoms with Crippen LogP contribution in [0.15, 0.2) is 0 Å². The van der Waals surface area contributed by atoms with Gasteiger partial charge in [-0.1, -0.05) is 6.92 Å². The van der Waals surface area contributed by atoms with Gasteiger partial charge in [0, 0.05) is 18.2 Å². The minimum Gasteiger partial charge on any atom is -0.316 e. The van der Waals surface area contributed by atoms with Crippen molar-refractivity contribution in [3.8, 4) is 0 Å². The maximum atomic E-state index is 5.79. The zero-order valence-electron chi connectivity index (χ0n) is 5.84. The van der Waals surface area contributed by atoms with Gasteiger partial charge in [0.15, 0.2) is 0 Å². The molecule has 54 valence electrons. The zero-order chi connectivity index (χ0) is 6.69. The first-order valence-electron chi connectivity index (χ1n) is 3.42. The zero-order valence-corrected chi connectivity index (χ0v) is 6.66. The van der Waals surface area contributed by atoms with Gasteiger partial charge in [-0.25, -0.2) is 0 Å². The van der Waals surface area contributed by atoms with Crippen molar-refractivity contribution in [3.63, 3.8) is 0 Å². The molecule has 0 aromatic carbocycles. The Labute approximate surface area is 60.8 Å². The molecule has 1 aliphatic heterocycles. The largest absolute Gasteiger partial charge is 0.316 e. The summed E-state index contributed by atoms with van der Waals surface area (Å²) in [4.78, 5) is 2.32. The van der Waals surface area contributed by atoms with E-state index in [9.17, 15) is 0 Å². The van der Waals surface area contributed by atoms with Crippen LogP contribution in [0.3, 0.4) is 0 Å². The van der Waals surface area contributed by atoms with Crippen LogP contribution >= 0.6 is 11.8 Å². The Morgan fingerprint density at radius 1 is 1.78 bits per heavy atom. The van der Waals surface area contributed by atoms with Gasteiger partial charge in [-0.05, 0) is 6.42 Å². The molecule has 0 saturated carbocycles. The number of nitrogens with two attached hydrogens (primary N) is 1. The third kappa shape index (κ3) is 1.85. The second-order valence-corrected chi connectivity index (χ2v) is 3.40. The molecule has 1 unspecified atom stereocenters. The Bertz CT molecular complexity index is 81.1. The number of rotatable bonds is 2. The second kappa shape index (κ2) is 3.44. The minimum absolute atomic E-state index is 0.306. The minimum atomic E-state index is 0.306. The summed E-state index contributed by atoms with van der Waals surface area (Å²) < 4.78 is 0. The predicted molar refractivity (Wildman–Crippen MR) is 42.3 cm³/mol. The fourth-order valence-corrected chi connectivity index (χ4v) is 2.00. The molecule has 0 aromatic heterocycles. The summed E-state index contributed by atoms with van der Waals surface area (Å²) in [5.74, 6) is 2.39. The first kappa shape index (κ1) is 7.38. The van der Waals surface area contributed by atoms with Crippen molar-refractivity contribution in [3.05, 3.63) is 0 Å². The highest BCUT2D eigenvalue weighted by Gasteiger charge is 2.16. The summed E-state index contributed by atoms with van der Waals surface area (Å²) in [7, 11) is 0. The summed E-state index contributed by atoms with van der Waals surface area (Å²) in [5.41, 5.74) is 5.79. The molecule has 1 fully saturated rings. The molecule has 0 aromatic rings. The van der Waals surface area contributed by atoms with Gasteiger partial charge in [-0.3, -0.25) is 4.90 Å². The van der Waals surface area contributed by atoms with Crippen LogP contribution in [-0.2, 0) is 0 Å². The molecule has 1 saturated heterocycles. The number of hydrogen-bond donors (Lipinski definition) is 1. The van der Waals surface area contributed by atoms with E-state index in [-0.39, 0.29) is 0 Å². The summed E-state index contributed by atoms with van der Waals surface area (Å²) >= 11 is 1.97. The summed E-state index contributed by atoms with van der Waals surface area (Å²) in [6, 6.07) is 0. The quantitative estimate of drug-likeness (QED) is 0.621. The average molecular weight is 146 g/mol. The van der Waals surface area contributed by atoms with Crippen LogP contribution < -0.4 is 5.73 Å². The van der Waals surface area contributed by atoms with Crippen molar-refractivity contribution in [2.75, 3.05) is 18.2 Å². The van der Waals surface area contributed by atoms with Crippen LogP contribution in [-0.4, -0.2) is 29.2 Å². The highest BCUT2D eigenvalue weighted by molar-refractivity contribution is 7.99. The van der Waals surface area contributed by atoms with Gasteiger partial charge in [0.1, 0.15) is 0 Å². The monoisotopic (exact) mass is 146 g/mol. The lowest BCUT2D eigenvalue weighted by Gasteiger charge is -2.20. The van der Waals surface area contributed by atoms with E-state index >= 15 is 0 Å². The standard InChI is InChI=1S/C6H14N2S/c1-2-6(7)8-3-4-9-5-8/h6H,2-5,7H2,1H3. The van der Waals surface area contributed by atoms with Crippen LogP contribution in [0.1, 0.15) is 13.3 Å². The number of hydrogen-bond acceptors (Lipinski definition) is 3. The van der Waals surface area contributed by atoms with Crippen LogP contribution in [0.5, 0.6) is 0 Å². The Hall–Kier alpha value is 0.270. The highest BCUT2D eigenvalue weighted by atomic mass is 32.2. The molecular weight excluding hydrogens is 132 g/mol. The summed E-state index contributed by atoms with van der Waals surface area (Å²) in [5, 5.41) is 0. The molecule has 1 atom stereocenters. The molecule has 0 spiro atoms. The first-order valence-corrected chi connectivity index (χ1v) is 4.57. The Morgan fingerprint density at radius 3 is 3.00 bits per heavy atom. The molecule has 2 nitrogen and oxygen atoms in total. The maximum Gasteiger partial charge on any atom is 0.0576 e. The molecule has 0 bridgehead atoms. The van der Waals surface area contributed by atoms with Crippen molar-refractivity contribution in [2.24, 2.45) is 5.73 Å². The SMILES string of the molecule is CCC(N)N1CCSC1. The van der Waals surface area contributed by atoms with Crippen LogP contribution in [0, 0.1) is 0 Å². The fraction of sp³-hybridized carbons (Fsp3) is 1.00. The lowest BCUT2D eigenvalue weighted by Crippen LogP contribution is -2.39. The van der Waals surface area contributed by atoms with E-state index in [1.165, 1.54) is 12.3 Å². The van der Waals surface area contributed by atoms with Gasteiger partial charge in [0.25, 0.3) is 0 Å². The van der Waals surface area contributed by atoms with E-state index in [1.54, 1.807) is 0 Å². The first-order chi connectivity index (χ1) is 4.34. The molecule has 0 radical (unpaired) electrons. The molecule has 0 aliphatic carbocycles. The van der Waals surface area contributed by atoms with E-state index in [0.29, 0.717) is 6.17 Å². The van der Waals surface area contributed by atoms with Gasteiger partial charge >= 0.3 is 0 Å². The second-order valence-electron chi connectivity index (χ2n) is 2.33.